The Kier molecular flexibility index (Phi) is 3.68. The molecule has 2 aromatic heterocycles. The summed E-state index contributed by atoms with van der Waals surface area (Å²) in [4.78, 5) is 9.02. The van der Waals surface area contributed by atoms with Crippen LogP contribution in [-0.2, 0) is 5.88 Å². The number of pyridine rings is 1. The second-order valence-electron chi connectivity index (χ2n) is 5.31. The van der Waals surface area contributed by atoms with E-state index >= 15 is 0 Å². The average Bonchev–Trinajstić information content (AvgIpc) is 3.04. The summed E-state index contributed by atoms with van der Waals surface area (Å²) < 4.78 is 2.20. The van der Waals surface area contributed by atoms with Crippen molar-refractivity contribution in [3.63, 3.8) is 0 Å². The van der Waals surface area contributed by atoms with Gasteiger partial charge in [0.1, 0.15) is 11.3 Å². The van der Waals surface area contributed by atoms with E-state index in [-0.39, 0.29) is 0 Å². The van der Waals surface area contributed by atoms with Crippen molar-refractivity contribution in [3.05, 3.63) is 23.1 Å². The summed E-state index contributed by atoms with van der Waals surface area (Å²) in [5, 5.41) is 0.617. The van der Waals surface area contributed by atoms with Crippen LogP contribution in [0.25, 0.3) is 11.2 Å². The molecular formula is C14H17Cl2N3. The molecule has 2 heterocycles. The molecule has 0 spiro atoms. The lowest BCUT2D eigenvalue weighted by Crippen LogP contribution is -2.16. The van der Waals surface area contributed by atoms with E-state index in [0.717, 1.165) is 17.0 Å². The number of rotatable bonds is 3. The Labute approximate surface area is 122 Å². The van der Waals surface area contributed by atoms with Crippen LogP contribution in [0.15, 0.2) is 12.3 Å². The molecule has 1 atom stereocenters. The predicted octanol–water partition coefficient (Wildman–Crippen LogP) is 4.57. The lowest BCUT2D eigenvalue weighted by molar-refractivity contribution is 0.360. The van der Waals surface area contributed by atoms with Gasteiger partial charge in [-0.1, -0.05) is 24.4 Å². The van der Waals surface area contributed by atoms with Crippen molar-refractivity contribution in [2.24, 2.45) is 5.92 Å². The normalized spacial score (nSPS) is 18.3. The molecule has 3 nitrogen and oxygen atoms in total. The van der Waals surface area contributed by atoms with Crippen LogP contribution in [0.5, 0.6) is 0 Å². The summed E-state index contributed by atoms with van der Waals surface area (Å²) in [5.41, 5.74) is 1.74. The lowest BCUT2D eigenvalue weighted by Gasteiger charge is -2.22. The molecule has 0 radical (unpaired) electrons. The van der Waals surface area contributed by atoms with Gasteiger partial charge in [0.05, 0.1) is 10.9 Å². The van der Waals surface area contributed by atoms with Crippen molar-refractivity contribution in [1.82, 2.24) is 14.5 Å². The van der Waals surface area contributed by atoms with Gasteiger partial charge >= 0.3 is 0 Å². The molecule has 1 unspecified atom stereocenters. The first-order valence-electron chi connectivity index (χ1n) is 6.79. The van der Waals surface area contributed by atoms with E-state index in [1.807, 2.05) is 6.07 Å². The smallest absolute Gasteiger partial charge is 0.160 e. The van der Waals surface area contributed by atoms with Gasteiger partial charge in [-0.2, -0.15) is 0 Å². The molecule has 3 rings (SSSR count). The van der Waals surface area contributed by atoms with Gasteiger partial charge in [0.25, 0.3) is 0 Å². The van der Waals surface area contributed by atoms with Crippen LogP contribution in [-0.4, -0.2) is 14.5 Å². The van der Waals surface area contributed by atoms with Crippen molar-refractivity contribution in [3.8, 4) is 0 Å². The van der Waals surface area contributed by atoms with Crippen LogP contribution in [0.1, 0.15) is 44.5 Å². The number of halogens is 2. The molecule has 0 bridgehead atoms. The fourth-order valence-corrected chi connectivity index (χ4v) is 3.52. The van der Waals surface area contributed by atoms with Gasteiger partial charge in [0.2, 0.25) is 0 Å². The zero-order valence-electron chi connectivity index (χ0n) is 10.9. The summed E-state index contributed by atoms with van der Waals surface area (Å²) >= 11 is 12.0. The second-order valence-corrected chi connectivity index (χ2v) is 6.02. The van der Waals surface area contributed by atoms with Crippen molar-refractivity contribution in [1.29, 1.82) is 0 Å². The molecule has 1 aliphatic carbocycles. The van der Waals surface area contributed by atoms with Gasteiger partial charge in [-0.15, -0.1) is 11.6 Å². The van der Waals surface area contributed by atoms with Crippen molar-refractivity contribution < 1.29 is 0 Å². The van der Waals surface area contributed by atoms with E-state index in [2.05, 4.69) is 21.5 Å². The number of hydrogen-bond acceptors (Lipinski definition) is 2. The summed E-state index contributed by atoms with van der Waals surface area (Å²) in [7, 11) is 0. The van der Waals surface area contributed by atoms with Crippen LogP contribution in [0.3, 0.4) is 0 Å². The van der Waals surface area contributed by atoms with Gasteiger partial charge in [-0.05, 0) is 31.7 Å². The molecule has 0 aromatic carbocycles. The summed E-state index contributed by atoms with van der Waals surface area (Å²) in [5.74, 6) is 2.01. The monoisotopic (exact) mass is 297 g/mol. The highest BCUT2D eigenvalue weighted by Crippen LogP contribution is 2.36. The quantitative estimate of drug-likeness (QED) is 0.777. The van der Waals surface area contributed by atoms with Crippen LogP contribution in [0, 0.1) is 5.92 Å². The molecule has 19 heavy (non-hydrogen) atoms. The molecule has 1 saturated carbocycles. The van der Waals surface area contributed by atoms with Gasteiger partial charge in [0.15, 0.2) is 5.65 Å². The first kappa shape index (κ1) is 13.2. The van der Waals surface area contributed by atoms with Crippen LogP contribution in [0.4, 0.5) is 0 Å². The molecule has 2 aromatic rings. The maximum Gasteiger partial charge on any atom is 0.160 e. The topological polar surface area (TPSA) is 30.7 Å². The maximum atomic E-state index is 6.05. The maximum absolute atomic E-state index is 6.05. The fraction of sp³-hybridized carbons (Fsp3) is 0.571. The Balaban J connectivity index is 2.09. The Hall–Kier alpha value is -0.800. The largest absolute Gasteiger partial charge is 0.309 e. The minimum absolute atomic E-state index is 0.398. The van der Waals surface area contributed by atoms with Crippen molar-refractivity contribution in [2.75, 3.05) is 0 Å². The number of aromatic nitrogens is 3. The third kappa shape index (κ3) is 2.34. The van der Waals surface area contributed by atoms with E-state index in [1.165, 1.54) is 25.7 Å². The molecule has 0 amide bonds. The number of imidazole rings is 1. The van der Waals surface area contributed by atoms with Crippen LogP contribution < -0.4 is 0 Å². The van der Waals surface area contributed by atoms with E-state index in [0.29, 0.717) is 22.9 Å². The van der Waals surface area contributed by atoms with E-state index in [1.54, 1.807) is 6.20 Å². The minimum Gasteiger partial charge on any atom is -0.309 e. The molecule has 1 fully saturated rings. The van der Waals surface area contributed by atoms with Gasteiger partial charge in [0, 0.05) is 12.2 Å². The number of alkyl halides is 1. The Morgan fingerprint density at radius 3 is 2.84 bits per heavy atom. The zero-order valence-corrected chi connectivity index (χ0v) is 12.5. The average molecular weight is 298 g/mol. The van der Waals surface area contributed by atoms with Crippen molar-refractivity contribution in [2.45, 2.75) is 44.5 Å². The summed E-state index contributed by atoms with van der Waals surface area (Å²) in [6.07, 6.45) is 6.92. The number of fused-ring (bicyclic) bond motifs is 1. The summed E-state index contributed by atoms with van der Waals surface area (Å²) in [6, 6.07) is 2.26. The zero-order chi connectivity index (χ0) is 13.4. The second kappa shape index (κ2) is 5.29. The first-order valence-corrected chi connectivity index (χ1v) is 7.70. The first-order chi connectivity index (χ1) is 9.20. The third-order valence-corrected chi connectivity index (χ3v) is 4.62. The molecule has 102 valence electrons. The number of nitrogens with zero attached hydrogens (tertiary/aromatic N) is 3. The third-order valence-electron chi connectivity index (χ3n) is 4.18. The van der Waals surface area contributed by atoms with E-state index < -0.39 is 0 Å². The fourth-order valence-electron chi connectivity index (χ4n) is 3.18. The minimum atomic E-state index is 0.398. The lowest BCUT2D eigenvalue weighted by atomic mass is 9.99. The molecule has 0 saturated heterocycles. The Bertz CT molecular complexity index is 588. The van der Waals surface area contributed by atoms with Gasteiger partial charge in [-0.3, -0.25) is 0 Å². The summed E-state index contributed by atoms with van der Waals surface area (Å²) in [6.45, 7) is 2.25. The van der Waals surface area contributed by atoms with Crippen molar-refractivity contribution >= 4 is 34.4 Å². The van der Waals surface area contributed by atoms with E-state index in [4.69, 9.17) is 23.2 Å². The van der Waals surface area contributed by atoms with Gasteiger partial charge in [-0.25, -0.2) is 9.97 Å². The SMILES string of the molecule is CC(C1CCCC1)n1c(CCl)nc2cc(Cl)cnc21. The van der Waals surface area contributed by atoms with E-state index in [9.17, 15) is 0 Å². The molecule has 0 aliphatic heterocycles. The highest BCUT2D eigenvalue weighted by molar-refractivity contribution is 6.31. The highest BCUT2D eigenvalue weighted by atomic mass is 35.5. The standard InChI is InChI=1S/C14H17Cl2N3/c1-9(10-4-2-3-5-10)19-13(7-15)18-12-6-11(16)8-17-14(12)19/h6,8-10H,2-5,7H2,1H3. The Morgan fingerprint density at radius 1 is 1.42 bits per heavy atom. The van der Waals surface area contributed by atoms with Crippen LogP contribution in [0.2, 0.25) is 5.02 Å². The number of hydrogen-bond donors (Lipinski definition) is 0. The van der Waals surface area contributed by atoms with Crippen LogP contribution >= 0.6 is 23.2 Å². The molecular weight excluding hydrogens is 281 g/mol. The molecule has 5 heteroatoms. The predicted molar refractivity (Wildman–Crippen MR) is 78.8 cm³/mol. The molecule has 0 N–H and O–H groups in total. The Morgan fingerprint density at radius 2 is 2.16 bits per heavy atom. The highest BCUT2D eigenvalue weighted by Gasteiger charge is 2.26. The molecule has 1 aliphatic rings. The van der Waals surface area contributed by atoms with Gasteiger partial charge < -0.3 is 4.57 Å².